The third kappa shape index (κ3) is 6.42. The summed E-state index contributed by atoms with van der Waals surface area (Å²) in [5, 5.41) is 67.2. The third-order valence-corrected chi connectivity index (χ3v) is 10.1. The molecule has 0 bridgehead atoms. The Morgan fingerprint density at radius 3 is 1.66 bits per heavy atom. The van der Waals surface area contributed by atoms with Crippen LogP contribution in [0.1, 0.15) is 25.0 Å². The predicted molar refractivity (Wildman–Crippen MR) is 177 cm³/mol. The molecule has 8 N–H and O–H groups in total. The predicted octanol–water partition coefficient (Wildman–Crippen LogP) is -1.40. The first-order valence-corrected chi connectivity index (χ1v) is 17.0. The minimum Gasteiger partial charge on any atom is -0.463 e. The van der Waals surface area contributed by atoms with Gasteiger partial charge in [0, 0.05) is 30.9 Å². The SMILES string of the molecule is CC(=O)N[C@H]1[C@H](Oc2ccc3c(c2)C2(OC(=O)[C@H]4C=CC=C[C@H]42)c2cc(O[C@@H]4O[C@H](CO)[C@H](O)[C@H](O)[C@H]4NC(C)=O)ccc2O3)O[C@H](CO)[C@H](O)[C@@H]1O. The van der Waals surface area contributed by atoms with Crippen LogP contribution in [0.5, 0.6) is 23.0 Å². The monoisotopic (exact) mass is 740 g/mol. The fourth-order valence-corrected chi connectivity index (χ4v) is 7.58. The van der Waals surface area contributed by atoms with Gasteiger partial charge in [-0.3, -0.25) is 14.4 Å². The molecule has 0 radical (unpaired) electrons. The van der Waals surface area contributed by atoms with Crippen molar-refractivity contribution in [2.24, 2.45) is 11.8 Å². The highest BCUT2D eigenvalue weighted by Gasteiger charge is 2.60. The van der Waals surface area contributed by atoms with E-state index in [4.69, 9.17) is 28.4 Å². The van der Waals surface area contributed by atoms with Gasteiger partial charge in [0.15, 0.2) is 5.60 Å². The summed E-state index contributed by atoms with van der Waals surface area (Å²) in [6.45, 7) is 1.14. The van der Waals surface area contributed by atoms with Crippen LogP contribution < -0.4 is 24.8 Å². The van der Waals surface area contributed by atoms with Crippen LogP contribution in [-0.4, -0.2) is 123 Å². The van der Waals surface area contributed by atoms with Crippen molar-refractivity contribution >= 4 is 17.8 Å². The van der Waals surface area contributed by atoms with Crippen molar-refractivity contribution in [1.82, 2.24) is 10.6 Å². The van der Waals surface area contributed by atoms with E-state index in [0.29, 0.717) is 22.6 Å². The lowest BCUT2D eigenvalue weighted by Gasteiger charge is -2.43. The Balaban J connectivity index is 1.28. The molecule has 17 nitrogen and oxygen atoms in total. The average Bonchev–Trinajstić information content (AvgIpc) is 3.43. The molecule has 1 spiro atoms. The summed E-state index contributed by atoms with van der Waals surface area (Å²) in [7, 11) is 0. The van der Waals surface area contributed by atoms with Gasteiger partial charge in [0.1, 0.15) is 71.7 Å². The topological polar surface area (TPSA) is 252 Å². The fourth-order valence-electron chi connectivity index (χ4n) is 7.58. The standard InChI is InChI=1S/C36H40N2O15/c1-15(41)37-27-31(45)29(43)25(13-39)51-34(27)48-17-7-9-23-21(11-17)36(20-6-4-3-5-19(20)33(47)53-36)22-12-18(8-10-24(22)50-23)49-35-28(38-16(2)42)32(46)30(44)26(14-40)52-35/h3-12,19-20,25-32,34-35,39-40,43-46H,13-14H2,1-2H3,(H,37,41)(H,38,42)/t19-,20+,25+,26+,27+,28+,29-,30-,31+,32+,34+,35+/m0/s1. The molecule has 2 aromatic rings. The molecule has 2 amide bonds. The smallest absolute Gasteiger partial charge is 0.314 e. The number of rotatable bonds is 8. The molecule has 4 heterocycles. The molecule has 284 valence electrons. The Kier molecular flexibility index (Phi) is 9.94. The molecule has 0 saturated carbocycles. The number of hydrogen-bond donors (Lipinski definition) is 8. The maximum Gasteiger partial charge on any atom is 0.314 e. The molecule has 17 heteroatoms. The van der Waals surface area contributed by atoms with Crippen molar-refractivity contribution in [2.75, 3.05) is 13.2 Å². The summed E-state index contributed by atoms with van der Waals surface area (Å²) < 4.78 is 36.5. The molecule has 7 rings (SSSR count). The average molecular weight is 741 g/mol. The van der Waals surface area contributed by atoms with Gasteiger partial charge < -0.3 is 69.7 Å². The summed E-state index contributed by atoms with van der Waals surface area (Å²) in [6, 6.07) is 6.91. The number of carbonyl (C=O) groups is 3. The van der Waals surface area contributed by atoms with Crippen molar-refractivity contribution in [3.05, 3.63) is 71.8 Å². The highest BCUT2D eigenvalue weighted by atomic mass is 16.7. The number of fused-ring (bicyclic) bond motifs is 6. The van der Waals surface area contributed by atoms with Crippen molar-refractivity contribution in [1.29, 1.82) is 0 Å². The number of esters is 1. The van der Waals surface area contributed by atoms with E-state index in [0.717, 1.165) is 0 Å². The second kappa shape index (κ2) is 14.3. The van der Waals surface area contributed by atoms with E-state index in [1.54, 1.807) is 54.6 Å². The Morgan fingerprint density at radius 2 is 1.21 bits per heavy atom. The fraction of sp³-hybridized carbons (Fsp3) is 0.472. The molecule has 12 atom stereocenters. The lowest BCUT2D eigenvalue weighted by molar-refractivity contribution is -0.244. The first-order chi connectivity index (χ1) is 25.4. The van der Waals surface area contributed by atoms with Gasteiger partial charge in [-0.25, -0.2) is 0 Å². The molecule has 3 fully saturated rings. The Hall–Kier alpha value is -4.59. The zero-order chi connectivity index (χ0) is 37.8. The van der Waals surface area contributed by atoms with Gasteiger partial charge in [-0.1, -0.05) is 24.3 Å². The zero-order valence-electron chi connectivity index (χ0n) is 28.5. The number of hydrogen-bond acceptors (Lipinski definition) is 15. The van der Waals surface area contributed by atoms with Crippen LogP contribution >= 0.6 is 0 Å². The van der Waals surface area contributed by atoms with Gasteiger partial charge in [-0.05, 0) is 36.4 Å². The van der Waals surface area contributed by atoms with Gasteiger partial charge >= 0.3 is 5.97 Å². The van der Waals surface area contributed by atoms with Gasteiger partial charge in [-0.15, -0.1) is 0 Å². The lowest BCUT2D eigenvalue weighted by atomic mass is 9.70. The number of aliphatic hydroxyl groups is 6. The largest absolute Gasteiger partial charge is 0.463 e. The molecule has 3 saturated heterocycles. The third-order valence-electron chi connectivity index (χ3n) is 10.1. The maximum absolute atomic E-state index is 13.6. The summed E-state index contributed by atoms with van der Waals surface area (Å²) in [5.74, 6) is -2.02. The highest BCUT2D eigenvalue weighted by molar-refractivity contribution is 5.82. The van der Waals surface area contributed by atoms with E-state index in [1.165, 1.54) is 13.8 Å². The van der Waals surface area contributed by atoms with E-state index in [2.05, 4.69) is 10.6 Å². The summed E-state index contributed by atoms with van der Waals surface area (Å²) >= 11 is 0. The van der Waals surface area contributed by atoms with Crippen LogP contribution in [0.25, 0.3) is 0 Å². The lowest BCUT2D eigenvalue weighted by Crippen LogP contribution is -2.65. The molecule has 5 aliphatic rings. The van der Waals surface area contributed by atoms with Crippen LogP contribution in [0.15, 0.2) is 60.7 Å². The number of benzene rings is 2. The van der Waals surface area contributed by atoms with Gasteiger partial charge in [0.05, 0.1) is 19.1 Å². The number of ether oxygens (including phenoxy) is 6. The Morgan fingerprint density at radius 1 is 0.736 bits per heavy atom. The van der Waals surface area contributed by atoms with Crippen molar-refractivity contribution in [3.8, 4) is 23.0 Å². The highest BCUT2D eigenvalue weighted by Crippen LogP contribution is 2.60. The summed E-state index contributed by atoms with van der Waals surface area (Å²) in [5.41, 5.74) is -0.835. The number of carbonyl (C=O) groups excluding carboxylic acids is 3. The van der Waals surface area contributed by atoms with Crippen LogP contribution in [0.2, 0.25) is 0 Å². The van der Waals surface area contributed by atoms with Gasteiger partial charge in [-0.2, -0.15) is 0 Å². The second-order valence-electron chi connectivity index (χ2n) is 13.5. The van der Waals surface area contributed by atoms with E-state index in [-0.39, 0.29) is 11.5 Å². The molecule has 0 unspecified atom stereocenters. The second-order valence-corrected chi connectivity index (χ2v) is 13.5. The van der Waals surface area contributed by atoms with E-state index in [9.17, 15) is 45.0 Å². The van der Waals surface area contributed by atoms with E-state index < -0.39 is 110 Å². The van der Waals surface area contributed by atoms with E-state index >= 15 is 0 Å². The van der Waals surface area contributed by atoms with Crippen molar-refractivity contribution in [3.63, 3.8) is 0 Å². The molecule has 53 heavy (non-hydrogen) atoms. The van der Waals surface area contributed by atoms with Crippen molar-refractivity contribution in [2.45, 2.75) is 80.7 Å². The molecule has 1 aliphatic carbocycles. The van der Waals surface area contributed by atoms with Crippen LogP contribution in [0.4, 0.5) is 0 Å². The zero-order valence-corrected chi connectivity index (χ0v) is 28.5. The molecule has 4 aliphatic heterocycles. The molecule has 2 aromatic carbocycles. The number of aliphatic hydroxyl groups excluding tert-OH is 6. The van der Waals surface area contributed by atoms with Gasteiger partial charge in [0.2, 0.25) is 24.4 Å². The van der Waals surface area contributed by atoms with Gasteiger partial charge in [0.25, 0.3) is 0 Å². The van der Waals surface area contributed by atoms with Crippen LogP contribution in [0, 0.1) is 11.8 Å². The van der Waals surface area contributed by atoms with Crippen LogP contribution in [0.3, 0.4) is 0 Å². The van der Waals surface area contributed by atoms with E-state index in [1.807, 2.05) is 6.08 Å². The number of amides is 2. The summed E-state index contributed by atoms with van der Waals surface area (Å²) in [6.07, 6.45) is -4.31. The normalized spacial score (nSPS) is 34.9. The first kappa shape index (κ1) is 36.8. The Bertz CT molecular complexity index is 1710. The first-order valence-electron chi connectivity index (χ1n) is 17.0. The minimum absolute atomic E-state index is 0.134. The quantitative estimate of drug-likeness (QED) is 0.145. The molecular weight excluding hydrogens is 700 g/mol. The molecule has 0 aromatic heterocycles. The summed E-state index contributed by atoms with van der Waals surface area (Å²) in [4.78, 5) is 37.6. The molecular formula is C36H40N2O15. The maximum atomic E-state index is 13.6. The minimum atomic E-state index is -1.56. The number of allylic oxidation sites excluding steroid dienone is 2. The number of nitrogens with one attached hydrogen (secondary N) is 2. The van der Waals surface area contributed by atoms with Crippen molar-refractivity contribution < 1.29 is 73.4 Å². The van der Waals surface area contributed by atoms with Crippen LogP contribution in [-0.2, 0) is 34.2 Å². The Labute approximate surface area is 302 Å².